The van der Waals surface area contributed by atoms with Gasteiger partial charge >= 0.3 is 18.1 Å². The smallest absolute Gasteiger partial charge is 0.418 e. The first-order valence-electron chi connectivity index (χ1n) is 7.88. The Hall–Kier alpha value is -3.08. The average Bonchev–Trinajstić information content (AvgIpc) is 2.87. The molecule has 1 aromatic rings. The Morgan fingerprint density at radius 2 is 1.66 bits per heavy atom. The van der Waals surface area contributed by atoms with E-state index in [4.69, 9.17) is 0 Å². The molecule has 29 heavy (non-hydrogen) atoms. The summed E-state index contributed by atoms with van der Waals surface area (Å²) >= 11 is 0. The topological polar surface area (TPSA) is 90.0 Å². The highest BCUT2D eigenvalue weighted by molar-refractivity contribution is 7.90. The lowest BCUT2D eigenvalue weighted by Crippen LogP contribution is -2.28. The molecule has 0 radical (unpaired) electrons. The molecule has 0 saturated heterocycles. The normalized spacial score (nSPS) is 14.6. The lowest BCUT2D eigenvalue weighted by Gasteiger charge is -2.26. The summed E-state index contributed by atoms with van der Waals surface area (Å²) in [6.07, 6.45) is 0.732. The first-order valence-corrected chi connectivity index (χ1v) is 9.77. The quantitative estimate of drug-likeness (QED) is 0.677. The Bertz CT molecular complexity index is 1040. The number of ether oxygens (including phenoxy) is 2. The van der Waals surface area contributed by atoms with Gasteiger partial charge in [0.05, 0.1) is 35.9 Å². The van der Waals surface area contributed by atoms with Crippen LogP contribution in [0.25, 0.3) is 0 Å². The van der Waals surface area contributed by atoms with E-state index in [1.54, 1.807) is 0 Å². The maximum Gasteiger partial charge on any atom is 0.418 e. The first-order chi connectivity index (χ1) is 13.4. The molecule has 0 unspecified atom stereocenters. The molecule has 0 bridgehead atoms. The van der Waals surface area contributed by atoms with E-state index in [-0.39, 0.29) is 5.57 Å². The van der Waals surface area contributed by atoms with E-state index in [9.17, 15) is 31.2 Å². The Morgan fingerprint density at radius 3 is 2.17 bits per heavy atom. The standard InChI is InChI=1S/C18H16F3NO6S/c1-27-16(23)12-6-4-5-9-22(15(12)17(24)28-2)14-8-7-11(29(3,25)26)10-13(14)18(19,20)21/h4-10H,1-3H3. The summed E-state index contributed by atoms with van der Waals surface area (Å²) < 4.78 is 73.8. The molecular formula is C18H16F3NO6S. The van der Waals surface area contributed by atoms with E-state index in [1.807, 2.05) is 0 Å². The summed E-state index contributed by atoms with van der Waals surface area (Å²) in [5.74, 6) is -2.07. The van der Waals surface area contributed by atoms with Crippen molar-refractivity contribution in [3.8, 4) is 0 Å². The molecule has 2 rings (SSSR count). The summed E-state index contributed by atoms with van der Waals surface area (Å²) in [4.78, 5) is 24.7. The number of hydrogen-bond acceptors (Lipinski definition) is 7. The largest absolute Gasteiger partial charge is 0.465 e. The van der Waals surface area contributed by atoms with Crippen LogP contribution in [0.4, 0.5) is 18.9 Å². The Labute approximate surface area is 164 Å². The van der Waals surface area contributed by atoms with Gasteiger partial charge in [0.2, 0.25) is 0 Å². The molecule has 0 atom stereocenters. The van der Waals surface area contributed by atoms with Gasteiger partial charge in [0.25, 0.3) is 0 Å². The second kappa shape index (κ2) is 8.11. The van der Waals surface area contributed by atoms with Crippen LogP contribution in [-0.4, -0.2) is 40.8 Å². The highest BCUT2D eigenvalue weighted by Crippen LogP contribution is 2.40. The third-order valence-corrected chi connectivity index (χ3v) is 4.96. The number of esters is 2. The molecule has 1 heterocycles. The monoisotopic (exact) mass is 431 g/mol. The van der Waals surface area contributed by atoms with E-state index < -0.39 is 49.8 Å². The zero-order valence-corrected chi connectivity index (χ0v) is 16.3. The van der Waals surface area contributed by atoms with E-state index in [1.165, 1.54) is 18.2 Å². The van der Waals surface area contributed by atoms with Gasteiger partial charge in [-0.3, -0.25) is 0 Å². The Kier molecular flexibility index (Phi) is 6.21. The maximum atomic E-state index is 13.7. The van der Waals surface area contributed by atoms with Crippen LogP contribution in [0.15, 0.2) is 58.8 Å². The molecule has 1 aliphatic heterocycles. The van der Waals surface area contributed by atoms with Crippen LogP contribution in [0.3, 0.4) is 0 Å². The lowest BCUT2D eigenvalue weighted by molar-refractivity contribution is -0.139. The minimum absolute atomic E-state index is 0.343. The van der Waals surface area contributed by atoms with E-state index >= 15 is 0 Å². The first kappa shape index (κ1) is 22.2. The van der Waals surface area contributed by atoms with E-state index in [0.29, 0.717) is 6.07 Å². The van der Waals surface area contributed by atoms with Gasteiger partial charge in [-0.05, 0) is 30.4 Å². The van der Waals surface area contributed by atoms with Crippen LogP contribution >= 0.6 is 0 Å². The summed E-state index contributed by atoms with van der Waals surface area (Å²) in [7, 11) is -1.89. The van der Waals surface area contributed by atoms with Gasteiger partial charge in [-0.15, -0.1) is 0 Å². The predicted octanol–water partition coefficient (Wildman–Crippen LogP) is 2.60. The molecule has 0 spiro atoms. The second-order valence-electron chi connectivity index (χ2n) is 5.76. The fraction of sp³-hybridized carbons (Fsp3) is 0.222. The minimum atomic E-state index is -4.96. The predicted molar refractivity (Wildman–Crippen MR) is 96.4 cm³/mol. The molecule has 156 valence electrons. The summed E-state index contributed by atoms with van der Waals surface area (Å²) in [6, 6.07) is 2.33. The zero-order valence-electron chi connectivity index (χ0n) is 15.5. The molecule has 11 heteroatoms. The van der Waals surface area contributed by atoms with Crippen molar-refractivity contribution < 1.29 is 40.7 Å². The van der Waals surface area contributed by atoms with Crippen molar-refractivity contribution in [1.29, 1.82) is 0 Å². The fourth-order valence-electron chi connectivity index (χ4n) is 2.53. The number of anilines is 1. The van der Waals surface area contributed by atoms with Gasteiger partial charge in [0.1, 0.15) is 5.70 Å². The number of carbonyl (C=O) groups excluding carboxylic acids is 2. The number of carbonyl (C=O) groups is 2. The van der Waals surface area contributed by atoms with Gasteiger partial charge in [0.15, 0.2) is 9.84 Å². The van der Waals surface area contributed by atoms with Gasteiger partial charge in [0, 0.05) is 12.5 Å². The highest BCUT2D eigenvalue weighted by Gasteiger charge is 2.38. The number of methoxy groups -OCH3 is 2. The number of alkyl halides is 3. The Balaban J connectivity index is 2.86. The maximum absolute atomic E-state index is 13.7. The summed E-state index contributed by atoms with van der Waals surface area (Å²) in [6.45, 7) is 0. The Morgan fingerprint density at radius 1 is 1.03 bits per heavy atom. The van der Waals surface area contributed by atoms with E-state index in [2.05, 4.69) is 9.47 Å². The summed E-state index contributed by atoms with van der Waals surface area (Å²) in [5, 5.41) is 0. The van der Waals surface area contributed by atoms with Crippen molar-refractivity contribution in [3.05, 3.63) is 59.5 Å². The molecular weight excluding hydrogens is 415 g/mol. The number of nitrogens with zero attached hydrogens (tertiary/aromatic N) is 1. The molecule has 0 N–H and O–H groups in total. The van der Waals surface area contributed by atoms with Crippen LogP contribution in [-0.2, 0) is 35.1 Å². The third kappa shape index (κ3) is 4.67. The molecule has 0 fully saturated rings. The lowest BCUT2D eigenvalue weighted by atomic mass is 10.1. The molecule has 1 aromatic carbocycles. The third-order valence-electron chi connectivity index (χ3n) is 3.85. The second-order valence-corrected chi connectivity index (χ2v) is 7.78. The number of hydrogen-bond donors (Lipinski definition) is 0. The van der Waals surface area contributed by atoms with Crippen molar-refractivity contribution in [2.24, 2.45) is 0 Å². The van der Waals surface area contributed by atoms with Crippen LogP contribution in [0.2, 0.25) is 0 Å². The van der Waals surface area contributed by atoms with Crippen molar-refractivity contribution in [1.82, 2.24) is 0 Å². The molecule has 1 aliphatic rings. The van der Waals surface area contributed by atoms with Crippen LogP contribution in [0.5, 0.6) is 0 Å². The van der Waals surface area contributed by atoms with Crippen molar-refractivity contribution >= 4 is 27.5 Å². The number of allylic oxidation sites excluding steroid dienone is 2. The summed E-state index contributed by atoms with van der Waals surface area (Å²) in [5.41, 5.74) is -2.77. The van der Waals surface area contributed by atoms with Crippen molar-refractivity contribution in [2.75, 3.05) is 25.4 Å². The minimum Gasteiger partial charge on any atom is -0.465 e. The molecule has 0 aromatic heterocycles. The average molecular weight is 431 g/mol. The molecule has 0 amide bonds. The van der Waals surface area contributed by atoms with Gasteiger partial charge in [-0.2, -0.15) is 13.2 Å². The van der Waals surface area contributed by atoms with E-state index in [0.717, 1.165) is 43.7 Å². The zero-order chi connectivity index (χ0) is 22.0. The van der Waals surface area contributed by atoms with Crippen molar-refractivity contribution in [3.63, 3.8) is 0 Å². The van der Waals surface area contributed by atoms with Crippen LogP contribution in [0, 0.1) is 0 Å². The van der Waals surface area contributed by atoms with Crippen LogP contribution in [0.1, 0.15) is 5.56 Å². The number of benzene rings is 1. The molecule has 0 aliphatic carbocycles. The van der Waals surface area contributed by atoms with Gasteiger partial charge in [-0.1, -0.05) is 6.08 Å². The molecule has 0 saturated carbocycles. The SMILES string of the molecule is COC(=O)C1=C(C(=O)OC)N(c2ccc(S(C)(=O)=O)cc2C(F)(F)F)C=CC=C1. The number of rotatable bonds is 4. The van der Waals surface area contributed by atoms with Gasteiger partial charge in [-0.25, -0.2) is 18.0 Å². The van der Waals surface area contributed by atoms with Crippen molar-refractivity contribution in [2.45, 2.75) is 11.1 Å². The number of halogens is 3. The number of sulfone groups is 1. The van der Waals surface area contributed by atoms with Gasteiger partial charge < -0.3 is 14.4 Å². The van der Waals surface area contributed by atoms with Crippen LogP contribution < -0.4 is 4.90 Å². The fourth-order valence-corrected chi connectivity index (χ4v) is 3.18. The molecule has 7 nitrogen and oxygen atoms in total. The highest BCUT2D eigenvalue weighted by atomic mass is 32.2.